The fraction of sp³-hybridized carbons (Fsp3) is 1.00. The van der Waals surface area contributed by atoms with Crippen molar-refractivity contribution in [2.24, 2.45) is 5.41 Å². The molecule has 1 aliphatic rings. The van der Waals surface area contributed by atoms with Gasteiger partial charge in [0.2, 0.25) is 0 Å². The van der Waals surface area contributed by atoms with Crippen molar-refractivity contribution in [3.05, 3.63) is 0 Å². The molecule has 0 aliphatic heterocycles. The highest BCUT2D eigenvalue weighted by atomic mass is 79.9. The second-order valence-corrected chi connectivity index (χ2v) is 4.86. The van der Waals surface area contributed by atoms with E-state index in [1.54, 1.807) is 0 Å². The summed E-state index contributed by atoms with van der Waals surface area (Å²) in [6, 6.07) is 0. The van der Waals surface area contributed by atoms with Gasteiger partial charge in [-0.2, -0.15) is 0 Å². The van der Waals surface area contributed by atoms with Crippen molar-refractivity contribution in [3.63, 3.8) is 0 Å². The monoisotopic (exact) mass is 232 g/mol. The van der Waals surface area contributed by atoms with Gasteiger partial charge in [-0.05, 0) is 24.7 Å². The van der Waals surface area contributed by atoms with Gasteiger partial charge in [-0.3, -0.25) is 0 Å². The average molecular weight is 233 g/mol. The number of rotatable bonds is 7. The van der Waals surface area contributed by atoms with Gasteiger partial charge in [-0.1, -0.05) is 55.0 Å². The minimum absolute atomic E-state index is 0.756. The molecule has 0 aromatic carbocycles. The van der Waals surface area contributed by atoms with Gasteiger partial charge in [0.15, 0.2) is 0 Å². The zero-order valence-electron chi connectivity index (χ0n) is 8.24. The number of unbranched alkanes of at least 4 members (excludes halogenated alkanes) is 4. The lowest BCUT2D eigenvalue weighted by Gasteiger charge is -2.09. The fourth-order valence-electron chi connectivity index (χ4n) is 1.73. The molecule has 12 heavy (non-hydrogen) atoms. The molecule has 1 heteroatoms. The smallest absolute Gasteiger partial charge is 0.00879 e. The van der Waals surface area contributed by atoms with Gasteiger partial charge in [0.05, 0.1) is 0 Å². The first kappa shape index (κ1) is 10.6. The third kappa shape index (κ3) is 3.47. The van der Waals surface area contributed by atoms with Crippen LogP contribution in [0.4, 0.5) is 0 Å². The summed E-state index contributed by atoms with van der Waals surface area (Å²) >= 11 is 3.62. The normalized spacial score (nSPS) is 19.5. The van der Waals surface area contributed by atoms with Crippen LogP contribution >= 0.6 is 15.9 Å². The van der Waals surface area contributed by atoms with Gasteiger partial charge in [-0.25, -0.2) is 0 Å². The van der Waals surface area contributed by atoms with Crippen LogP contribution in [0.3, 0.4) is 0 Å². The topological polar surface area (TPSA) is 0 Å². The van der Waals surface area contributed by atoms with Crippen LogP contribution in [0.2, 0.25) is 0 Å². The van der Waals surface area contributed by atoms with E-state index in [1.807, 2.05) is 0 Å². The molecule has 0 unspecified atom stereocenters. The third-order valence-electron chi connectivity index (χ3n) is 3.05. The molecule has 0 radical (unpaired) electrons. The zero-order valence-corrected chi connectivity index (χ0v) is 9.83. The van der Waals surface area contributed by atoms with E-state index in [1.165, 1.54) is 56.7 Å². The summed E-state index contributed by atoms with van der Waals surface area (Å²) < 4.78 is 0. The molecule has 0 amide bonds. The first-order chi connectivity index (χ1) is 5.83. The van der Waals surface area contributed by atoms with Crippen molar-refractivity contribution in [1.29, 1.82) is 0 Å². The summed E-state index contributed by atoms with van der Waals surface area (Å²) in [5.41, 5.74) is 0.756. The standard InChI is InChI=1S/C11H21Br/c1-2-3-4-5-6-7-11(10-12)8-9-11/h2-10H2,1H3. The Morgan fingerprint density at radius 3 is 2.25 bits per heavy atom. The predicted octanol–water partition coefficient (Wildman–Crippen LogP) is 4.52. The van der Waals surface area contributed by atoms with Crippen molar-refractivity contribution in [3.8, 4) is 0 Å². The lowest BCUT2D eigenvalue weighted by molar-refractivity contribution is 0.480. The van der Waals surface area contributed by atoms with Gasteiger partial charge in [0.25, 0.3) is 0 Å². The van der Waals surface area contributed by atoms with Crippen LogP contribution in [0.5, 0.6) is 0 Å². The van der Waals surface area contributed by atoms with Crippen LogP contribution in [0.1, 0.15) is 58.3 Å². The Bertz CT molecular complexity index is 116. The van der Waals surface area contributed by atoms with Crippen LogP contribution in [0.15, 0.2) is 0 Å². The van der Waals surface area contributed by atoms with E-state index >= 15 is 0 Å². The first-order valence-electron chi connectivity index (χ1n) is 5.39. The number of hydrogen-bond donors (Lipinski definition) is 0. The molecule has 0 nitrogen and oxygen atoms in total. The molecule has 0 aromatic rings. The summed E-state index contributed by atoms with van der Waals surface area (Å²) in [6.07, 6.45) is 11.6. The van der Waals surface area contributed by atoms with Crippen LogP contribution < -0.4 is 0 Å². The Balaban J connectivity index is 1.89. The second-order valence-electron chi connectivity index (χ2n) is 4.30. The fourth-order valence-corrected chi connectivity index (χ4v) is 2.57. The van der Waals surface area contributed by atoms with Crippen molar-refractivity contribution in [1.82, 2.24) is 0 Å². The molecule has 0 spiro atoms. The van der Waals surface area contributed by atoms with Gasteiger partial charge >= 0.3 is 0 Å². The maximum absolute atomic E-state index is 3.62. The van der Waals surface area contributed by atoms with Crippen LogP contribution in [-0.4, -0.2) is 5.33 Å². The van der Waals surface area contributed by atoms with E-state index in [4.69, 9.17) is 0 Å². The maximum atomic E-state index is 3.62. The van der Waals surface area contributed by atoms with E-state index in [0.29, 0.717) is 0 Å². The van der Waals surface area contributed by atoms with Crippen LogP contribution in [-0.2, 0) is 0 Å². The molecular weight excluding hydrogens is 212 g/mol. The van der Waals surface area contributed by atoms with E-state index in [2.05, 4.69) is 22.9 Å². The summed E-state index contributed by atoms with van der Waals surface area (Å²) in [7, 11) is 0. The van der Waals surface area contributed by atoms with Crippen molar-refractivity contribution >= 4 is 15.9 Å². The Labute approximate surface area is 85.3 Å². The number of alkyl halides is 1. The predicted molar refractivity (Wildman–Crippen MR) is 58.8 cm³/mol. The molecule has 1 aliphatic carbocycles. The molecule has 1 saturated carbocycles. The molecule has 0 bridgehead atoms. The Morgan fingerprint density at radius 1 is 1.08 bits per heavy atom. The minimum atomic E-state index is 0.756. The van der Waals surface area contributed by atoms with Crippen LogP contribution in [0, 0.1) is 5.41 Å². The first-order valence-corrected chi connectivity index (χ1v) is 6.51. The van der Waals surface area contributed by atoms with E-state index < -0.39 is 0 Å². The lowest BCUT2D eigenvalue weighted by Crippen LogP contribution is -2.00. The summed E-state index contributed by atoms with van der Waals surface area (Å²) in [6.45, 7) is 2.28. The van der Waals surface area contributed by atoms with E-state index in [0.717, 1.165) is 5.41 Å². The molecule has 0 atom stereocenters. The molecule has 0 heterocycles. The largest absolute Gasteiger partial charge is 0.0922 e. The molecule has 1 rings (SSSR count). The Kier molecular flexibility index (Phi) is 4.63. The van der Waals surface area contributed by atoms with E-state index in [-0.39, 0.29) is 0 Å². The highest BCUT2D eigenvalue weighted by Crippen LogP contribution is 2.51. The third-order valence-corrected chi connectivity index (χ3v) is 4.24. The molecule has 0 aromatic heterocycles. The maximum Gasteiger partial charge on any atom is 0.00879 e. The van der Waals surface area contributed by atoms with E-state index in [9.17, 15) is 0 Å². The molecule has 0 N–H and O–H groups in total. The lowest BCUT2D eigenvalue weighted by atomic mass is 10.00. The van der Waals surface area contributed by atoms with Crippen LogP contribution in [0.25, 0.3) is 0 Å². The molecule has 72 valence electrons. The second kappa shape index (κ2) is 5.26. The zero-order chi connectivity index (χ0) is 8.86. The van der Waals surface area contributed by atoms with Gasteiger partial charge in [0, 0.05) is 5.33 Å². The highest BCUT2D eigenvalue weighted by Gasteiger charge is 2.40. The van der Waals surface area contributed by atoms with Gasteiger partial charge in [0.1, 0.15) is 0 Å². The van der Waals surface area contributed by atoms with Crippen molar-refractivity contribution < 1.29 is 0 Å². The number of hydrogen-bond acceptors (Lipinski definition) is 0. The van der Waals surface area contributed by atoms with Gasteiger partial charge in [-0.15, -0.1) is 0 Å². The summed E-state index contributed by atoms with van der Waals surface area (Å²) in [5.74, 6) is 0. The SMILES string of the molecule is CCCCCCCC1(CBr)CC1. The highest BCUT2D eigenvalue weighted by molar-refractivity contribution is 9.09. The summed E-state index contributed by atoms with van der Waals surface area (Å²) in [5, 5.41) is 1.24. The molecule has 1 fully saturated rings. The Hall–Kier alpha value is 0.480. The molecule has 0 saturated heterocycles. The van der Waals surface area contributed by atoms with Crippen molar-refractivity contribution in [2.75, 3.05) is 5.33 Å². The molecular formula is C11H21Br. The van der Waals surface area contributed by atoms with Crippen molar-refractivity contribution in [2.45, 2.75) is 58.3 Å². The minimum Gasteiger partial charge on any atom is -0.0922 e. The number of halogens is 1. The summed E-state index contributed by atoms with van der Waals surface area (Å²) in [4.78, 5) is 0. The average Bonchev–Trinajstić information content (AvgIpc) is 2.85. The van der Waals surface area contributed by atoms with Gasteiger partial charge < -0.3 is 0 Å². The Morgan fingerprint density at radius 2 is 1.75 bits per heavy atom. The quantitative estimate of drug-likeness (QED) is 0.448.